The zero-order valence-electron chi connectivity index (χ0n) is 7.77. The van der Waals surface area contributed by atoms with Crippen molar-refractivity contribution < 1.29 is 4.79 Å². The van der Waals surface area contributed by atoms with Crippen LogP contribution in [0.4, 0.5) is 17.6 Å². The summed E-state index contributed by atoms with van der Waals surface area (Å²) in [5.74, 6) is 0.331. The molecule has 76 valence electrons. The quantitative estimate of drug-likeness (QED) is 0.544. The fraction of sp³-hybridized carbons (Fsp3) is 0.286. The van der Waals surface area contributed by atoms with Crippen LogP contribution in [0, 0.1) is 0 Å². The summed E-state index contributed by atoms with van der Waals surface area (Å²) in [6.07, 6.45) is 0. The first-order valence-electron chi connectivity index (χ1n) is 3.88. The van der Waals surface area contributed by atoms with E-state index in [9.17, 15) is 4.79 Å². The van der Waals surface area contributed by atoms with Gasteiger partial charge < -0.3 is 22.1 Å². The Morgan fingerprint density at radius 1 is 1.50 bits per heavy atom. The monoisotopic (exact) mass is 196 g/mol. The van der Waals surface area contributed by atoms with Gasteiger partial charge in [0.15, 0.2) is 0 Å². The van der Waals surface area contributed by atoms with E-state index in [0.717, 1.165) is 0 Å². The number of nitrogen functional groups attached to an aromatic ring is 2. The number of aromatic nitrogens is 2. The van der Waals surface area contributed by atoms with Gasteiger partial charge in [-0.05, 0) is 0 Å². The molecule has 0 aliphatic rings. The lowest BCUT2D eigenvalue weighted by molar-refractivity contribution is -0.116. The molecule has 0 saturated heterocycles. The summed E-state index contributed by atoms with van der Waals surface area (Å²) in [7, 11) is 1.66. The smallest absolute Gasteiger partial charge is 0.236 e. The predicted molar refractivity (Wildman–Crippen MR) is 53.3 cm³/mol. The molecule has 0 saturated carbocycles. The number of anilines is 3. The maximum atomic E-state index is 10.6. The van der Waals surface area contributed by atoms with E-state index in [0.29, 0.717) is 5.82 Å². The second-order valence-electron chi connectivity index (χ2n) is 2.83. The maximum absolute atomic E-state index is 10.6. The standard InChI is InChI=1S/C7H12N6O/c1-13(3-5(9)14)6-2-4(8)11-7(10)12-6/h2H,3H2,1H3,(H2,9,14)(H4,8,10,11,12). The molecule has 0 fully saturated rings. The van der Waals surface area contributed by atoms with Crippen LogP contribution in [0.1, 0.15) is 0 Å². The van der Waals surface area contributed by atoms with Crippen molar-refractivity contribution in [2.45, 2.75) is 0 Å². The number of nitrogens with two attached hydrogens (primary N) is 3. The Morgan fingerprint density at radius 3 is 2.64 bits per heavy atom. The van der Waals surface area contributed by atoms with Crippen LogP contribution in [-0.4, -0.2) is 29.5 Å². The Labute approximate surface area is 80.9 Å². The molecule has 0 bridgehead atoms. The Kier molecular flexibility index (Phi) is 2.70. The van der Waals surface area contributed by atoms with Crippen molar-refractivity contribution in [3.8, 4) is 0 Å². The van der Waals surface area contributed by atoms with E-state index >= 15 is 0 Å². The highest BCUT2D eigenvalue weighted by Crippen LogP contribution is 2.12. The molecular formula is C7H12N6O. The van der Waals surface area contributed by atoms with Crippen LogP contribution in [0.25, 0.3) is 0 Å². The van der Waals surface area contributed by atoms with Gasteiger partial charge in [-0.15, -0.1) is 0 Å². The lowest BCUT2D eigenvalue weighted by Crippen LogP contribution is -2.31. The molecule has 0 atom stereocenters. The molecule has 1 amide bonds. The Morgan fingerprint density at radius 2 is 2.14 bits per heavy atom. The molecule has 0 radical (unpaired) electrons. The summed E-state index contributed by atoms with van der Waals surface area (Å²) in [6.45, 7) is 0.0515. The second-order valence-corrected chi connectivity index (χ2v) is 2.83. The van der Waals surface area contributed by atoms with Gasteiger partial charge in [0.25, 0.3) is 0 Å². The van der Waals surface area contributed by atoms with Crippen molar-refractivity contribution in [2.24, 2.45) is 5.73 Å². The fourth-order valence-corrected chi connectivity index (χ4v) is 0.982. The SMILES string of the molecule is CN(CC(N)=O)c1cc(N)nc(N)n1. The highest BCUT2D eigenvalue weighted by Gasteiger charge is 2.07. The topological polar surface area (TPSA) is 124 Å². The molecule has 6 N–H and O–H groups in total. The normalized spacial score (nSPS) is 9.79. The number of carbonyl (C=O) groups is 1. The first kappa shape index (κ1) is 10.0. The van der Waals surface area contributed by atoms with Gasteiger partial charge in [0, 0.05) is 13.1 Å². The van der Waals surface area contributed by atoms with Crippen LogP contribution in [0.5, 0.6) is 0 Å². The van der Waals surface area contributed by atoms with Crippen LogP contribution >= 0.6 is 0 Å². The van der Waals surface area contributed by atoms with Gasteiger partial charge in [0.2, 0.25) is 11.9 Å². The van der Waals surface area contributed by atoms with Crippen molar-refractivity contribution in [3.63, 3.8) is 0 Å². The van der Waals surface area contributed by atoms with Gasteiger partial charge >= 0.3 is 0 Å². The third-order valence-electron chi connectivity index (χ3n) is 1.53. The van der Waals surface area contributed by atoms with Crippen LogP contribution < -0.4 is 22.1 Å². The Balaban J connectivity index is 2.89. The first-order valence-corrected chi connectivity index (χ1v) is 3.88. The van der Waals surface area contributed by atoms with Gasteiger partial charge in [-0.25, -0.2) is 0 Å². The number of likely N-dealkylation sites (N-methyl/N-ethyl adjacent to an activating group) is 1. The van der Waals surface area contributed by atoms with E-state index in [1.54, 1.807) is 7.05 Å². The lowest BCUT2D eigenvalue weighted by atomic mass is 10.4. The minimum atomic E-state index is -0.455. The number of primary amides is 1. The number of hydrogen-bond donors (Lipinski definition) is 3. The molecular weight excluding hydrogens is 184 g/mol. The van der Waals surface area contributed by atoms with E-state index in [1.165, 1.54) is 11.0 Å². The molecule has 0 aliphatic heterocycles. The molecule has 7 nitrogen and oxygen atoms in total. The van der Waals surface area contributed by atoms with E-state index in [-0.39, 0.29) is 18.3 Å². The number of amides is 1. The second kappa shape index (κ2) is 3.77. The van der Waals surface area contributed by atoms with Crippen molar-refractivity contribution in [3.05, 3.63) is 6.07 Å². The van der Waals surface area contributed by atoms with Crippen molar-refractivity contribution in [2.75, 3.05) is 30.0 Å². The summed E-state index contributed by atoms with van der Waals surface area (Å²) >= 11 is 0. The Hall–Kier alpha value is -2.05. The third kappa shape index (κ3) is 2.47. The molecule has 1 heterocycles. The molecule has 0 aromatic carbocycles. The average Bonchev–Trinajstić information content (AvgIpc) is 2.00. The molecule has 0 spiro atoms. The first-order chi connectivity index (χ1) is 6.49. The zero-order chi connectivity index (χ0) is 10.7. The van der Waals surface area contributed by atoms with Crippen molar-refractivity contribution in [1.82, 2.24) is 9.97 Å². The molecule has 1 aromatic heterocycles. The lowest BCUT2D eigenvalue weighted by Gasteiger charge is -2.16. The van der Waals surface area contributed by atoms with E-state index < -0.39 is 5.91 Å². The zero-order valence-corrected chi connectivity index (χ0v) is 7.77. The molecule has 1 rings (SSSR count). The van der Waals surface area contributed by atoms with Crippen molar-refractivity contribution in [1.29, 1.82) is 0 Å². The fourth-order valence-electron chi connectivity index (χ4n) is 0.982. The molecule has 1 aromatic rings. The minimum Gasteiger partial charge on any atom is -0.383 e. The molecule has 14 heavy (non-hydrogen) atoms. The largest absolute Gasteiger partial charge is 0.383 e. The highest BCUT2D eigenvalue weighted by molar-refractivity contribution is 5.79. The number of nitrogens with zero attached hydrogens (tertiary/aromatic N) is 3. The van der Waals surface area contributed by atoms with E-state index in [2.05, 4.69) is 9.97 Å². The maximum Gasteiger partial charge on any atom is 0.236 e. The highest BCUT2D eigenvalue weighted by atomic mass is 16.1. The molecule has 7 heteroatoms. The van der Waals surface area contributed by atoms with Crippen LogP contribution in [0.3, 0.4) is 0 Å². The molecule has 0 aliphatic carbocycles. The summed E-state index contributed by atoms with van der Waals surface area (Å²) in [4.78, 5) is 19.8. The average molecular weight is 196 g/mol. The summed E-state index contributed by atoms with van der Waals surface area (Å²) in [5.41, 5.74) is 15.9. The predicted octanol–water partition coefficient (Wildman–Crippen LogP) is -1.44. The van der Waals surface area contributed by atoms with E-state index in [4.69, 9.17) is 17.2 Å². The van der Waals surface area contributed by atoms with Gasteiger partial charge in [-0.1, -0.05) is 0 Å². The molecule has 0 unspecified atom stereocenters. The third-order valence-corrected chi connectivity index (χ3v) is 1.53. The minimum absolute atomic E-state index is 0.0515. The van der Waals surface area contributed by atoms with Crippen molar-refractivity contribution >= 4 is 23.5 Å². The summed E-state index contributed by atoms with van der Waals surface area (Å²) in [5, 5.41) is 0. The number of rotatable bonds is 3. The van der Waals surface area contributed by atoms with Crippen LogP contribution in [0.15, 0.2) is 6.07 Å². The number of hydrogen-bond acceptors (Lipinski definition) is 6. The summed E-state index contributed by atoms with van der Waals surface area (Å²) in [6, 6.07) is 1.51. The van der Waals surface area contributed by atoms with Gasteiger partial charge in [-0.2, -0.15) is 9.97 Å². The van der Waals surface area contributed by atoms with Gasteiger partial charge in [-0.3, -0.25) is 4.79 Å². The van der Waals surface area contributed by atoms with Gasteiger partial charge in [0.1, 0.15) is 11.6 Å². The number of carbonyl (C=O) groups excluding carboxylic acids is 1. The van der Waals surface area contributed by atoms with Crippen LogP contribution in [0.2, 0.25) is 0 Å². The van der Waals surface area contributed by atoms with Crippen LogP contribution in [-0.2, 0) is 4.79 Å². The summed E-state index contributed by atoms with van der Waals surface area (Å²) < 4.78 is 0. The Bertz CT molecular complexity index is 332. The van der Waals surface area contributed by atoms with Gasteiger partial charge in [0.05, 0.1) is 6.54 Å². The van der Waals surface area contributed by atoms with E-state index in [1.807, 2.05) is 0 Å².